The Kier molecular flexibility index (Phi) is 5.48. The molecule has 28 heavy (non-hydrogen) atoms. The Morgan fingerprint density at radius 1 is 1.04 bits per heavy atom. The van der Waals surface area contributed by atoms with Crippen LogP contribution in [-0.2, 0) is 19.6 Å². The van der Waals surface area contributed by atoms with Crippen molar-refractivity contribution in [2.45, 2.75) is 38.8 Å². The molecule has 0 saturated heterocycles. The van der Waals surface area contributed by atoms with E-state index in [1.165, 1.54) is 6.42 Å². The molecular formula is C23H22N4O. The highest BCUT2D eigenvalue weighted by molar-refractivity contribution is 5.87. The highest BCUT2D eigenvalue weighted by atomic mass is 16.5. The third-order valence-corrected chi connectivity index (χ3v) is 4.91. The molecule has 1 aliphatic heterocycles. The van der Waals surface area contributed by atoms with Crippen LogP contribution in [0.15, 0.2) is 54.6 Å². The molecule has 140 valence electrons. The highest BCUT2D eigenvalue weighted by Crippen LogP contribution is 2.22. The van der Waals surface area contributed by atoms with E-state index in [0.717, 1.165) is 48.5 Å². The van der Waals surface area contributed by atoms with E-state index < -0.39 is 0 Å². The van der Waals surface area contributed by atoms with Gasteiger partial charge in [0, 0.05) is 13.0 Å². The molecule has 5 nitrogen and oxygen atoms in total. The number of aryl methyl sites for hydroxylation is 1. The van der Waals surface area contributed by atoms with Crippen LogP contribution in [0.3, 0.4) is 0 Å². The van der Waals surface area contributed by atoms with Gasteiger partial charge in [0.05, 0.1) is 5.57 Å². The molecule has 1 aliphatic rings. The van der Waals surface area contributed by atoms with Crippen molar-refractivity contribution in [2.24, 2.45) is 0 Å². The van der Waals surface area contributed by atoms with E-state index in [9.17, 15) is 5.26 Å². The molecule has 0 N–H and O–H groups in total. The Morgan fingerprint density at radius 3 is 2.64 bits per heavy atom. The van der Waals surface area contributed by atoms with Gasteiger partial charge in [-0.05, 0) is 42.2 Å². The monoisotopic (exact) mass is 370 g/mol. The van der Waals surface area contributed by atoms with Crippen molar-refractivity contribution < 1.29 is 4.74 Å². The first-order valence-corrected chi connectivity index (χ1v) is 9.64. The summed E-state index contributed by atoms with van der Waals surface area (Å²) in [4.78, 5) is 0. The van der Waals surface area contributed by atoms with Gasteiger partial charge in [0.25, 0.3) is 0 Å². The van der Waals surface area contributed by atoms with Gasteiger partial charge in [-0.15, -0.1) is 10.2 Å². The molecule has 0 saturated carbocycles. The van der Waals surface area contributed by atoms with Crippen molar-refractivity contribution in [1.29, 1.82) is 5.26 Å². The number of nitrogens with zero attached hydrogens (tertiary/aromatic N) is 4. The lowest BCUT2D eigenvalue weighted by atomic mass is 10.1. The molecule has 0 fully saturated rings. The third-order valence-electron chi connectivity index (χ3n) is 4.91. The van der Waals surface area contributed by atoms with E-state index in [1.54, 1.807) is 0 Å². The summed E-state index contributed by atoms with van der Waals surface area (Å²) in [5.41, 5.74) is 2.61. The maximum Gasteiger partial charge on any atom is 0.174 e. The molecule has 3 aromatic rings. The highest BCUT2D eigenvalue weighted by Gasteiger charge is 2.17. The molecule has 4 rings (SSSR count). The van der Waals surface area contributed by atoms with Crippen molar-refractivity contribution in [3.05, 3.63) is 77.4 Å². The minimum Gasteiger partial charge on any atom is -0.489 e. The second-order valence-electron chi connectivity index (χ2n) is 6.92. The number of hydrogen-bond acceptors (Lipinski definition) is 4. The normalized spacial score (nSPS) is 14.0. The maximum absolute atomic E-state index is 9.67. The predicted octanol–water partition coefficient (Wildman–Crippen LogP) is 4.65. The van der Waals surface area contributed by atoms with E-state index in [4.69, 9.17) is 4.74 Å². The van der Waals surface area contributed by atoms with Gasteiger partial charge in [0.1, 0.15) is 24.3 Å². The van der Waals surface area contributed by atoms with E-state index >= 15 is 0 Å². The Balaban J connectivity index is 1.50. The Hall–Kier alpha value is -3.39. The number of aromatic nitrogens is 3. The summed E-state index contributed by atoms with van der Waals surface area (Å²) in [6.07, 6.45) is 6.22. The van der Waals surface area contributed by atoms with E-state index in [1.807, 2.05) is 60.7 Å². The second kappa shape index (κ2) is 8.53. The minimum atomic E-state index is 0.533. The van der Waals surface area contributed by atoms with Gasteiger partial charge in [0.15, 0.2) is 5.82 Å². The van der Waals surface area contributed by atoms with Crippen LogP contribution >= 0.6 is 0 Å². The number of benzene rings is 2. The fourth-order valence-electron chi connectivity index (χ4n) is 3.40. The van der Waals surface area contributed by atoms with Crippen molar-refractivity contribution in [3.8, 4) is 11.8 Å². The number of nitriles is 1. The van der Waals surface area contributed by atoms with Crippen LogP contribution in [0.25, 0.3) is 11.6 Å². The van der Waals surface area contributed by atoms with Gasteiger partial charge in [0.2, 0.25) is 0 Å². The van der Waals surface area contributed by atoms with Crippen LogP contribution < -0.4 is 4.74 Å². The molecule has 0 unspecified atom stereocenters. The molecule has 0 aliphatic carbocycles. The van der Waals surface area contributed by atoms with Crippen molar-refractivity contribution in [3.63, 3.8) is 0 Å². The van der Waals surface area contributed by atoms with Crippen molar-refractivity contribution in [1.82, 2.24) is 14.8 Å². The molecule has 5 heteroatoms. The van der Waals surface area contributed by atoms with Crippen LogP contribution in [0, 0.1) is 11.3 Å². The number of fused-ring (bicyclic) bond motifs is 1. The Morgan fingerprint density at radius 2 is 1.86 bits per heavy atom. The molecule has 0 bridgehead atoms. The zero-order valence-corrected chi connectivity index (χ0v) is 15.7. The Labute approximate surface area is 164 Å². The zero-order valence-electron chi connectivity index (χ0n) is 15.7. The van der Waals surface area contributed by atoms with Gasteiger partial charge in [-0.25, -0.2) is 0 Å². The van der Waals surface area contributed by atoms with Crippen LogP contribution in [0.2, 0.25) is 0 Å². The van der Waals surface area contributed by atoms with E-state index in [0.29, 0.717) is 18.0 Å². The van der Waals surface area contributed by atoms with Gasteiger partial charge in [-0.3, -0.25) is 0 Å². The first kappa shape index (κ1) is 18.0. The van der Waals surface area contributed by atoms with Gasteiger partial charge in [-0.2, -0.15) is 5.26 Å². The minimum absolute atomic E-state index is 0.533. The number of hydrogen-bond donors (Lipinski definition) is 0. The zero-order chi connectivity index (χ0) is 19.2. The molecule has 0 atom stereocenters. The predicted molar refractivity (Wildman–Crippen MR) is 108 cm³/mol. The van der Waals surface area contributed by atoms with Crippen molar-refractivity contribution >= 4 is 11.6 Å². The summed E-state index contributed by atoms with van der Waals surface area (Å²) in [7, 11) is 0. The Bertz CT molecular complexity index is 997. The van der Waals surface area contributed by atoms with Crippen LogP contribution in [0.1, 0.15) is 42.0 Å². The topological polar surface area (TPSA) is 63.7 Å². The molecule has 2 aromatic carbocycles. The summed E-state index contributed by atoms with van der Waals surface area (Å²) < 4.78 is 7.92. The second-order valence-corrected chi connectivity index (χ2v) is 6.92. The van der Waals surface area contributed by atoms with E-state index in [2.05, 4.69) is 20.8 Å². The first-order valence-electron chi connectivity index (χ1n) is 9.64. The summed E-state index contributed by atoms with van der Waals surface area (Å²) >= 11 is 0. The number of ether oxygens (including phenoxy) is 1. The van der Waals surface area contributed by atoms with Crippen LogP contribution in [-0.4, -0.2) is 14.8 Å². The average Bonchev–Trinajstić information content (AvgIpc) is 2.99. The quantitative estimate of drug-likeness (QED) is 0.613. The molecular weight excluding hydrogens is 348 g/mol. The van der Waals surface area contributed by atoms with Gasteiger partial charge in [-0.1, -0.05) is 48.9 Å². The van der Waals surface area contributed by atoms with Crippen LogP contribution in [0.4, 0.5) is 0 Å². The lowest BCUT2D eigenvalue weighted by Crippen LogP contribution is -2.05. The third kappa shape index (κ3) is 4.12. The standard InChI is InChI=1S/C23H22N4O/c24-16-20(23-26-25-22-9-5-2-6-14-27(22)23)15-18-10-12-21(13-11-18)28-17-19-7-3-1-4-8-19/h1,3-4,7-8,10-13,15H,2,5-6,9,14,17H2/b20-15+. The maximum atomic E-state index is 9.67. The lowest BCUT2D eigenvalue weighted by molar-refractivity contribution is 0.306. The SMILES string of the molecule is N#C/C(=C\c1ccc(OCc2ccccc2)cc1)c1nnc2n1CCCCC2. The smallest absolute Gasteiger partial charge is 0.174 e. The summed E-state index contributed by atoms with van der Waals surface area (Å²) in [5.74, 6) is 2.46. The van der Waals surface area contributed by atoms with E-state index in [-0.39, 0.29) is 0 Å². The fraction of sp³-hybridized carbons (Fsp3) is 0.261. The summed E-state index contributed by atoms with van der Waals surface area (Å²) in [6.45, 7) is 1.41. The van der Waals surface area contributed by atoms with Gasteiger partial charge >= 0.3 is 0 Å². The summed E-state index contributed by atoms with van der Waals surface area (Å²) in [6, 6.07) is 20.1. The molecule has 1 aromatic heterocycles. The molecule has 2 heterocycles. The molecule has 0 radical (unpaired) electrons. The van der Waals surface area contributed by atoms with Crippen LogP contribution in [0.5, 0.6) is 5.75 Å². The first-order chi connectivity index (χ1) is 13.8. The van der Waals surface area contributed by atoms with Gasteiger partial charge < -0.3 is 9.30 Å². The molecule has 0 amide bonds. The lowest BCUT2D eigenvalue weighted by Gasteiger charge is -2.07. The molecule has 0 spiro atoms. The number of allylic oxidation sites excluding steroid dienone is 1. The van der Waals surface area contributed by atoms with Crippen molar-refractivity contribution in [2.75, 3.05) is 0 Å². The summed E-state index contributed by atoms with van der Waals surface area (Å²) in [5, 5.41) is 18.3. The number of rotatable bonds is 5. The largest absolute Gasteiger partial charge is 0.489 e. The fourth-order valence-corrected chi connectivity index (χ4v) is 3.40. The average molecular weight is 370 g/mol.